The van der Waals surface area contributed by atoms with Gasteiger partial charge in [-0.3, -0.25) is 4.79 Å². The number of nitrogens with one attached hydrogen (secondary N) is 2. The first-order chi connectivity index (χ1) is 11.4. The number of amides is 1. The largest absolute Gasteiger partial charge is 0.365 e. The first-order valence-corrected chi connectivity index (χ1v) is 7.90. The first kappa shape index (κ1) is 17.7. The highest BCUT2D eigenvalue weighted by molar-refractivity contribution is 5.98. The summed E-state index contributed by atoms with van der Waals surface area (Å²) in [7, 11) is 0. The van der Waals surface area contributed by atoms with Crippen LogP contribution in [0.15, 0.2) is 24.4 Å². The lowest BCUT2D eigenvalue weighted by atomic mass is 10.1. The van der Waals surface area contributed by atoms with E-state index in [0.29, 0.717) is 18.3 Å². The zero-order valence-corrected chi connectivity index (χ0v) is 14.3. The van der Waals surface area contributed by atoms with E-state index in [0.717, 1.165) is 23.2 Å². The van der Waals surface area contributed by atoms with E-state index in [1.165, 1.54) is 6.20 Å². The number of rotatable bonds is 7. The van der Waals surface area contributed by atoms with Gasteiger partial charge in [-0.1, -0.05) is 13.0 Å². The standard InChI is InChI=1S/C17H24N6O/c1-4-12(18)8-20-17-21-9-14(15(19)24)16(23-17)22-13-6-10(2)5-11(3)7-13/h5-7,9,12H,4,8,18H2,1-3H3,(H2,19,24)(H2,20,21,22,23). The summed E-state index contributed by atoms with van der Waals surface area (Å²) in [6.07, 6.45) is 2.26. The summed E-state index contributed by atoms with van der Waals surface area (Å²) in [6, 6.07) is 6.03. The van der Waals surface area contributed by atoms with Crippen LogP contribution in [0.5, 0.6) is 0 Å². The number of carbonyl (C=O) groups excluding carboxylic acids is 1. The Bertz CT molecular complexity index is 711. The van der Waals surface area contributed by atoms with E-state index >= 15 is 0 Å². The molecular formula is C17H24N6O. The van der Waals surface area contributed by atoms with Crippen LogP contribution in [0.3, 0.4) is 0 Å². The molecule has 0 radical (unpaired) electrons. The fraction of sp³-hybridized carbons (Fsp3) is 0.353. The quantitative estimate of drug-likeness (QED) is 0.618. The van der Waals surface area contributed by atoms with Crippen LogP contribution in [0.4, 0.5) is 17.5 Å². The molecule has 0 aliphatic rings. The average Bonchev–Trinajstić information content (AvgIpc) is 2.51. The molecule has 6 N–H and O–H groups in total. The Morgan fingerprint density at radius 2 is 1.92 bits per heavy atom. The van der Waals surface area contributed by atoms with Gasteiger partial charge in [-0.2, -0.15) is 4.98 Å². The molecule has 0 bridgehead atoms. The molecule has 0 fully saturated rings. The molecule has 1 aromatic carbocycles. The van der Waals surface area contributed by atoms with Crippen molar-refractivity contribution in [2.45, 2.75) is 33.2 Å². The Labute approximate surface area is 141 Å². The third-order valence-corrected chi connectivity index (χ3v) is 3.59. The van der Waals surface area contributed by atoms with Crippen LogP contribution in [-0.2, 0) is 0 Å². The van der Waals surface area contributed by atoms with Crippen molar-refractivity contribution in [3.63, 3.8) is 0 Å². The Kier molecular flexibility index (Phi) is 5.70. The van der Waals surface area contributed by atoms with Gasteiger partial charge in [0.05, 0.1) is 0 Å². The van der Waals surface area contributed by atoms with Gasteiger partial charge in [-0.05, 0) is 43.5 Å². The molecule has 7 heteroatoms. The fourth-order valence-corrected chi connectivity index (χ4v) is 2.29. The van der Waals surface area contributed by atoms with Gasteiger partial charge < -0.3 is 22.1 Å². The summed E-state index contributed by atoms with van der Waals surface area (Å²) >= 11 is 0. The average molecular weight is 328 g/mol. The van der Waals surface area contributed by atoms with Crippen LogP contribution in [0.2, 0.25) is 0 Å². The third kappa shape index (κ3) is 4.66. The summed E-state index contributed by atoms with van der Waals surface area (Å²) in [6.45, 7) is 6.57. The van der Waals surface area contributed by atoms with Gasteiger partial charge in [0, 0.05) is 24.5 Å². The van der Waals surface area contributed by atoms with E-state index < -0.39 is 5.91 Å². The van der Waals surface area contributed by atoms with Gasteiger partial charge in [0.15, 0.2) is 0 Å². The number of carbonyl (C=O) groups is 1. The zero-order valence-electron chi connectivity index (χ0n) is 14.3. The third-order valence-electron chi connectivity index (χ3n) is 3.59. The normalized spacial score (nSPS) is 11.8. The summed E-state index contributed by atoms with van der Waals surface area (Å²) in [5.74, 6) is 0.185. The van der Waals surface area contributed by atoms with E-state index in [2.05, 4.69) is 26.7 Å². The van der Waals surface area contributed by atoms with Crippen molar-refractivity contribution in [1.29, 1.82) is 0 Å². The van der Waals surface area contributed by atoms with Crippen LogP contribution in [-0.4, -0.2) is 28.5 Å². The second-order valence-corrected chi connectivity index (χ2v) is 5.87. The molecule has 0 saturated carbocycles. The molecule has 2 aromatic rings. The van der Waals surface area contributed by atoms with Crippen LogP contribution >= 0.6 is 0 Å². The molecule has 0 aliphatic heterocycles. The maximum atomic E-state index is 11.6. The topological polar surface area (TPSA) is 119 Å². The van der Waals surface area contributed by atoms with E-state index in [9.17, 15) is 4.79 Å². The van der Waals surface area contributed by atoms with Crippen molar-refractivity contribution >= 4 is 23.4 Å². The van der Waals surface area contributed by atoms with Crippen LogP contribution < -0.4 is 22.1 Å². The molecule has 1 amide bonds. The lowest BCUT2D eigenvalue weighted by Gasteiger charge is -2.14. The SMILES string of the molecule is CCC(N)CNc1ncc(C(N)=O)c(Nc2cc(C)cc(C)c2)n1. The second kappa shape index (κ2) is 7.74. The highest BCUT2D eigenvalue weighted by Gasteiger charge is 2.13. The molecule has 1 aromatic heterocycles. The van der Waals surface area contributed by atoms with Crippen molar-refractivity contribution < 1.29 is 4.79 Å². The van der Waals surface area contributed by atoms with Gasteiger partial charge in [0.2, 0.25) is 5.95 Å². The van der Waals surface area contributed by atoms with Gasteiger partial charge in [-0.15, -0.1) is 0 Å². The Morgan fingerprint density at radius 3 is 2.50 bits per heavy atom. The minimum absolute atomic E-state index is 0.0141. The van der Waals surface area contributed by atoms with Crippen LogP contribution in [0.25, 0.3) is 0 Å². The van der Waals surface area contributed by atoms with E-state index in [1.54, 1.807) is 0 Å². The molecule has 2 rings (SSSR count). The Hall–Kier alpha value is -2.67. The number of anilines is 3. The monoisotopic (exact) mass is 328 g/mol. The number of hydrogen-bond donors (Lipinski definition) is 4. The van der Waals surface area contributed by atoms with E-state index in [4.69, 9.17) is 11.5 Å². The predicted molar refractivity (Wildman–Crippen MR) is 96.5 cm³/mol. The highest BCUT2D eigenvalue weighted by Crippen LogP contribution is 2.21. The highest BCUT2D eigenvalue weighted by atomic mass is 16.1. The summed E-state index contributed by atoms with van der Waals surface area (Å²) < 4.78 is 0. The van der Waals surface area contributed by atoms with Gasteiger partial charge in [-0.25, -0.2) is 4.98 Å². The number of aryl methyl sites for hydroxylation is 2. The van der Waals surface area contributed by atoms with Crippen molar-refractivity contribution in [2.24, 2.45) is 11.5 Å². The number of aromatic nitrogens is 2. The molecule has 1 heterocycles. The second-order valence-electron chi connectivity index (χ2n) is 5.87. The predicted octanol–water partition coefficient (Wildman–Crippen LogP) is 2.09. The lowest BCUT2D eigenvalue weighted by molar-refractivity contribution is 0.100. The molecule has 0 aliphatic carbocycles. The zero-order chi connectivity index (χ0) is 17.7. The van der Waals surface area contributed by atoms with E-state index in [1.807, 2.05) is 32.9 Å². The van der Waals surface area contributed by atoms with Crippen LogP contribution in [0, 0.1) is 13.8 Å². The Morgan fingerprint density at radius 1 is 1.25 bits per heavy atom. The molecule has 1 unspecified atom stereocenters. The summed E-state index contributed by atoms with van der Waals surface area (Å²) in [5, 5.41) is 6.23. The summed E-state index contributed by atoms with van der Waals surface area (Å²) in [5.41, 5.74) is 14.6. The molecule has 128 valence electrons. The number of benzene rings is 1. The van der Waals surface area contributed by atoms with Gasteiger partial charge >= 0.3 is 0 Å². The minimum Gasteiger partial charge on any atom is -0.365 e. The molecule has 24 heavy (non-hydrogen) atoms. The molecule has 7 nitrogen and oxygen atoms in total. The molecule has 0 saturated heterocycles. The first-order valence-electron chi connectivity index (χ1n) is 7.90. The van der Waals surface area contributed by atoms with Crippen LogP contribution in [0.1, 0.15) is 34.8 Å². The maximum Gasteiger partial charge on any atom is 0.254 e. The lowest BCUT2D eigenvalue weighted by Crippen LogP contribution is -2.28. The van der Waals surface area contributed by atoms with E-state index in [-0.39, 0.29) is 11.6 Å². The van der Waals surface area contributed by atoms with Crippen molar-refractivity contribution in [3.05, 3.63) is 41.1 Å². The fourth-order valence-electron chi connectivity index (χ4n) is 2.29. The number of hydrogen-bond acceptors (Lipinski definition) is 6. The Balaban J connectivity index is 2.29. The van der Waals surface area contributed by atoms with Gasteiger partial charge in [0.1, 0.15) is 11.4 Å². The maximum absolute atomic E-state index is 11.6. The number of nitrogens with zero attached hydrogens (tertiary/aromatic N) is 2. The van der Waals surface area contributed by atoms with Crippen molar-refractivity contribution in [2.75, 3.05) is 17.2 Å². The minimum atomic E-state index is -0.585. The molecular weight excluding hydrogens is 304 g/mol. The van der Waals surface area contributed by atoms with Gasteiger partial charge in [0.25, 0.3) is 5.91 Å². The number of primary amides is 1. The van der Waals surface area contributed by atoms with Crippen molar-refractivity contribution in [3.8, 4) is 0 Å². The number of nitrogens with two attached hydrogens (primary N) is 2. The smallest absolute Gasteiger partial charge is 0.254 e. The van der Waals surface area contributed by atoms with Crippen molar-refractivity contribution in [1.82, 2.24) is 9.97 Å². The molecule has 0 spiro atoms. The summed E-state index contributed by atoms with van der Waals surface area (Å²) in [4.78, 5) is 20.1. The molecule has 1 atom stereocenters.